The molecule has 5 heteroatoms. The van der Waals surface area contributed by atoms with Crippen molar-refractivity contribution in [1.29, 1.82) is 0 Å². The van der Waals surface area contributed by atoms with Crippen LogP contribution in [-0.2, 0) is 0 Å². The minimum absolute atomic E-state index is 0.0284. The van der Waals surface area contributed by atoms with Gasteiger partial charge in [-0.1, -0.05) is 28.1 Å². The van der Waals surface area contributed by atoms with Crippen LogP contribution in [0, 0.1) is 6.92 Å². The monoisotopic (exact) mass is 345 g/mol. The molecule has 21 heavy (non-hydrogen) atoms. The summed E-state index contributed by atoms with van der Waals surface area (Å²) in [5, 5.41) is 13.3. The number of phenols is 1. The predicted octanol–water partition coefficient (Wildman–Crippen LogP) is 4.46. The van der Waals surface area contributed by atoms with Gasteiger partial charge in [-0.3, -0.25) is 4.79 Å². The van der Waals surface area contributed by atoms with E-state index in [0.29, 0.717) is 11.3 Å². The van der Waals surface area contributed by atoms with Crippen LogP contribution in [0.2, 0.25) is 0 Å². The first kappa shape index (κ1) is 13.7. The summed E-state index contributed by atoms with van der Waals surface area (Å²) in [6.07, 6.45) is 0. The Morgan fingerprint density at radius 3 is 2.76 bits per heavy atom. The van der Waals surface area contributed by atoms with Crippen molar-refractivity contribution < 1.29 is 14.3 Å². The van der Waals surface area contributed by atoms with Gasteiger partial charge in [0.1, 0.15) is 11.3 Å². The second-order valence-electron chi connectivity index (χ2n) is 4.74. The Morgan fingerprint density at radius 2 is 2.05 bits per heavy atom. The summed E-state index contributed by atoms with van der Waals surface area (Å²) in [7, 11) is 0. The van der Waals surface area contributed by atoms with Crippen molar-refractivity contribution in [3.63, 3.8) is 0 Å². The lowest BCUT2D eigenvalue weighted by Gasteiger charge is -2.06. The summed E-state index contributed by atoms with van der Waals surface area (Å²) < 4.78 is 6.38. The molecule has 1 heterocycles. The highest BCUT2D eigenvalue weighted by Gasteiger charge is 2.15. The largest absolute Gasteiger partial charge is 0.506 e. The van der Waals surface area contributed by atoms with Gasteiger partial charge in [0.2, 0.25) is 0 Å². The molecule has 0 spiro atoms. The van der Waals surface area contributed by atoms with E-state index in [4.69, 9.17) is 4.42 Å². The highest BCUT2D eigenvalue weighted by Crippen LogP contribution is 2.28. The summed E-state index contributed by atoms with van der Waals surface area (Å²) in [5.41, 5.74) is 1.89. The van der Waals surface area contributed by atoms with Crippen molar-refractivity contribution in [3.05, 3.63) is 58.3 Å². The smallest absolute Gasteiger partial charge is 0.291 e. The van der Waals surface area contributed by atoms with Crippen molar-refractivity contribution in [2.24, 2.45) is 0 Å². The number of aryl methyl sites for hydroxylation is 1. The number of anilines is 1. The summed E-state index contributed by atoms with van der Waals surface area (Å²) in [4.78, 5) is 12.2. The van der Waals surface area contributed by atoms with Crippen LogP contribution in [-0.4, -0.2) is 11.0 Å². The molecule has 3 aromatic rings. The fourth-order valence-electron chi connectivity index (χ4n) is 2.07. The summed E-state index contributed by atoms with van der Waals surface area (Å²) >= 11 is 3.41. The normalized spacial score (nSPS) is 10.8. The number of furan rings is 1. The van der Waals surface area contributed by atoms with Crippen molar-refractivity contribution in [2.75, 3.05) is 5.32 Å². The maximum atomic E-state index is 12.2. The average Bonchev–Trinajstić information content (AvgIpc) is 2.87. The molecule has 1 amide bonds. The number of rotatable bonds is 2. The highest BCUT2D eigenvalue weighted by atomic mass is 79.9. The molecular formula is C16H12BrNO3. The van der Waals surface area contributed by atoms with Crippen LogP contribution < -0.4 is 5.32 Å². The van der Waals surface area contributed by atoms with E-state index in [1.807, 2.05) is 25.1 Å². The van der Waals surface area contributed by atoms with Crippen molar-refractivity contribution in [3.8, 4) is 5.75 Å². The van der Waals surface area contributed by atoms with E-state index < -0.39 is 5.91 Å². The summed E-state index contributed by atoms with van der Waals surface area (Å²) in [6.45, 7) is 1.86. The van der Waals surface area contributed by atoms with Gasteiger partial charge in [-0.05, 0) is 42.8 Å². The first-order valence-electron chi connectivity index (χ1n) is 6.33. The molecule has 3 rings (SSSR count). The molecule has 0 saturated heterocycles. The van der Waals surface area contributed by atoms with Gasteiger partial charge in [-0.15, -0.1) is 0 Å². The van der Waals surface area contributed by atoms with Crippen molar-refractivity contribution >= 4 is 38.5 Å². The number of benzene rings is 2. The number of aromatic hydroxyl groups is 1. The maximum Gasteiger partial charge on any atom is 0.291 e. The molecule has 0 atom stereocenters. The predicted molar refractivity (Wildman–Crippen MR) is 84.7 cm³/mol. The minimum Gasteiger partial charge on any atom is -0.506 e. The van der Waals surface area contributed by atoms with Crippen molar-refractivity contribution in [2.45, 2.75) is 6.92 Å². The number of halogens is 1. The Kier molecular flexibility index (Phi) is 3.43. The third-order valence-corrected chi connectivity index (χ3v) is 3.82. The molecule has 0 aliphatic carbocycles. The van der Waals surface area contributed by atoms with Crippen LogP contribution in [0.3, 0.4) is 0 Å². The van der Waals surface area contributed by atoms with Crippen LogP contribution in [0.4, 0.5) is 5.69 Å². The standard InChI is InChI=1S/C16H12BrNO3/c1-9-5-6-12(13(19)7-9)18-16(20)15-8-10-11(17)3-2-4-14(10)21-15/h2-8,19H,1H3,(H,18,20). The highest BCUT2D eigenvalue weighted by molar-refractivity contribution is 9.10. The first-order chi connectivity index (χ1) is 10.0. The molecule has 0 unspecified atom stereocenters. The van der Waals surface area contributed by atoms with Gasteiger partial charge in [0.25, 0.3) is 5.91 Å². The zero-order valence-corrected chi connectivity index (χ0v) is 12.8. The van der Waals surface area contributed by atoms with E-state index in [9.17, 15) is 9.90 Å². The van der Waals surface area contributed by atoms with Crippen LogP contribution in [0.25, 0.3) is 11.0 Å². The molecule has 0 aliphatic heterocycles. The number of hydrogen-bond donors (Lipinski definition) is 2. The van der Waals surface area contributed by atoms with Gasteiger partial charge in [-0.2, -0.15) is 0 Å². The number of carbonyl (C=O) groups excluding carboxylic acids is 1. The van der Waals surface area contributed by atoms with Crippen LogP contribution in [0.1, 0.15) is 16.1 Å². The average molecular weight is 346 g/mol. The molecular weight excluding hydrogens is 334 g/mol. The molecule has 0 radical (unpaired) electrons. The third-order valence-electron chi connectivity index (χ3n) is 3.13. The Morgan fingerprint density at radius 1 is 1.24 bits per heavy atom. The number of carbonyl (C=O) groups is 1. The maximum absolute atomic E-state index is 12.2. The number of nitrogens with one attached hydrogen (secondary N) is 1. The topological polar surface area (TPSA) is 62.5 Å². The lowest BCUT2D eigenvalue weighted by atomic mass is 10.2. The molecule has 2 aromatic carbocycles. The Balaban J connectivity index is 1.92. The van der Waals surface area contributed by atoms with Gasteiger partial charge in [0, 0.05) is 9.86 Å². The van der Waals surface area contributed by atoms with Gasteiger partial charge >= 0.3 is 0 Å². The molecule has 106 valence electrons. The molecule has 0 saturated carbocycles. The van der Waals surface area contributed by atoms with E-state index in [1.165, 1.54) is 0 Å². The Hall–Kier alpha value is -2.27. The Labute approximate surface area is 129 Å². The van der Waals surface area contributed by atoms with E-state index in [2.05, 4.69) is 21.2 Å². The number of amides is 1. The second kappa shape index (κ2) is 5.26. The zero-order chi connectivity index (χ0) is 15.0. The summed E-state index contributed by atoms with van der Waals surface area (Å²) in [6, 6.07) is 12.2. The van der Waals surface area contributed by atoms with E-state index in [-0.39, 0.29) is 11.5 Å². The minimum atomic E-state index is -0.405. The van der Waals surface area contributed by atoms with Crippen LogP contribution >= 0.6 is 15.9 Å². The molecule has 1 aromatic heterocycles. The van der Waals surface area contributed by atoms with Gasteiger partial charge in [0.05, 0.1) is 5.69 Å². The zero-order valence-electron chi connectivity index (χ0n) is 11.2. The quantitative estimate of drug-likeness (QED) is 0.674. The lowest BCUT2D eigenvalue weighted by Crippen LogP contribution is -2.10. The third kappa shape index (κ3) is 2.64. The second-order valence-corrected chi connectivity index (χ2v) is 5.59. The molecule has 0 bridgehead atoms. The number of fused-ring (bicyclic) bond motifs is 1. The molecule has 2 N–H and O–H groups in total. The molecule has 0 fully saturated rings. The first-order valence-corrected chi connectivity index (χ1v) is 7.13. The fraction of sp³-hybridized carbons (Fsp3) is 0.0625. The molecule has 4 nitrogen and oxygen atoms in total. The lowest BCUT2D eigenvalue weighted by molar-refractivity contribution is 0.0998. The fourth-order valence-corrected chi connectivity index (χ4v) is 2.53. The van der Waals surface area contributed by atoms with Gasteiger partial charge in [0.15, 0.2) is 5.76 Å². The van der Waals surface area contributed by atoms with E-state index in [0.717, 1.165) is 15.4 Å². The summed E-state index contributed by atoms with van der Waals surface area (Å²) in [5.74, 6) is -0.185. The van der Waals surface area contributed by atoms with Crippen molar-refractivity contribution in [1.82, 2.24) is 0 Å². The molecule has 0 aliphatic rings. The van der Waals surface area contributed by atoms with E-state index >= 15 is 0 Å². The van der Waals surface area contributed by atoms with Gasteiger partial charge < -0.3 is 14.8 Å². The van der Waals surface area contributed by atoms with Crippen LogP contribution in [0.15, 0.2) is 51.4 Å². The number of phenolic OH excluding ortho intramolecular Hbond substituents is 1. The number of hydrogen-bond acceptors (Lipinski definition) is 3. The van der Waals surface area contributed by atoms with E-state index in [1.54, 1.807) is 24.3 Å². The van der Waals surface area contributed by atoms with Gasteiger partial charge in [-0.25, -0.2) is 0 Å². The SMILES string of the molecule is Cc1ccc(NC(=O)c2cc3c(Br)cccc3o2)c(O)c1. The Bertz CT molecular complexity index is 839. The van der Waals surface area contributed by atoms with Crippen LogP contribution in [0.5, 0.6) is 5.75 Å².